The highest BCUT2D eigenvalue weighted by Gasteiger charge is 2.27. The van der Waals surface area contributed by atoms with Gasteiger partial charge in [0.1, 0.15) is 0 Å². The standard InChI is InChI=1S/C13H16N4O/c1-7(8-4-15-5-8)11-9-2-3-16-12(9)10(6-17-11)13(14)18/h2-3,6-8,15-16H,4-5H2,1H3,(H2,14,18). The molecular weight excluding hydrogens is 228 g/mol. The van der Waals surface area contributed by atoms with Gasteiger partial charge in [0, 0.05) is 23.7 Å². The molecule has 0 aromatic carbocycles. The zero-order chi connectivity index (χ0) is 12.7. The van der Waals surface area contributed by atoms with Crippen LogP contribution >= 0.6 is 0 Å². The third-order valence-electron chi connectivity index (χ3n) is 3.84. The molecule has 0 spiro atoms. The van der Waals surface area contributed by atoms with E-state index in [2.05, 4.69) is 22.2 Å². The fourth-order valence-electron chi connectivity index (χ4n) is 2.51. The second-order valence-corrected chi connectivity index (χ2v) is 4.89. The summed E-state index contributed by atoms with van der Waals surface area (Å²) in [6.45, 7) is 4.25. The zero-order valence-corrected chi connectivity index (χ0v) is 10.2. The van der Waals surface area contributed by atoms with E-state index in [0.29, 0.717) is 17.4 Å². The van der Waals surface area contributed by atoms with Crippen LogP contribution in [0.3, 0.4) is 0 Å². The fraction of sp³-hybridized carbons (Fsp3) is 0.385. The van der Waals surface area contributed by atoms with Gasteiger partial charge in [-0.2, -0.15) is 0 Å². The van der Waals surface area contributed by atoms with Crippen molar-refractivity contribution in [1.82, 2.24) is 15.3 Å². The van der Waals surface area contributed by atoms with E-state index in [9.17, 15) is 4.79 Å². The highest BCUT2D eigenvalue weighted by molar-refractivity contribution is 6.05. The molecule has 18 heavy (non-hydrogen) atoms. The van der Waals surface area contributed by atoms with Crippen molar-refractivity contribution in [2.75, 3.05) is 13.1 Å². The largest absolute Gasteiger partial charge is 0.365 e. The van der Waals surface area contributed by atoms with E-state index < -0.39 is 5.91 Å². The number of nitrogens with two attached hydrogens (primary N) is 1. The number of carbonyl (C=O) groups is 1. The van der Waals surface area contributed by atoms with Gasteiger partial charge in [-0.25, -0.2) is 0 Å². The van der Waals surface area contributed by atoms with E-state index in [1.54, 1.807) is 6.20 Å². The van der Waals surface area contributed by atoms with Gasteiger partial charge in [-0.3, -0.25) is 9.78 Å². The Balaban J connectivity index is 2.10. The van der Waals surface area contributed by atoms with Crippen LogP contribution in [0.5, 0.6) is 0 Å². The number of fused-ring (bicyclic) bond motifs is 1. The summed E-state index contributed by atoms with van der Waals surface area (Å²) in [6, 6.07) is 1.96. The molecule has 1 atom stereocenters. The lowest BCUT2D eigenvalue weighted by Crippen LogP contribution is -2.44. The smallest absolute Gasteiger partial charge is 0.252 e. The van der Waals surface area contributed by atoms with Crippen molar-refractivity contribution in [3.05, 3.63) is 29.7 Å². The van der Waals surface area contributed by atoms with Crippen molar-refractivity contribution < 1.29 is 4.79 Å². The topological polar surface area (TPSA) is 83.8 Å². The summed E-state index contributed by atoms with van der Waals surface area (Å²) in [5.74, 6) is 0.556. The number of aromatic nitrogens is 2. The van der Waals surface area contributed by atoms with Gasteiger partial charge in [0.25, 0.3) is 5.91 Å². The quantitative estimate of drug-likeness (QED) is 0.752. The molecule has 1 amide bonds. The van der Waals surface area contributed by atoms with E-state index in [4.69, 9.17) is 5.73 Å². The predicted octanol–water partition coefficient (Wildman–Crippen LogP) is 0.985. The highest BCUT2D eigenvalue weighted by atomic mass is 16.1. The summed E-state index contributed by atoms with van der Waals surface area (Å²) in [5.41, 5.74) is 7.65. The van der Waals surface area contributed by atoms with Crippen LogP contribution in [0.2, 0.25) is 0 Å². The van der Waals surface area contributed by atoms with Gasteiger partial charge in [-0.15, -0.1) is 0 Å². The molecule has 0 bridgehead atoms. The minimum atomic E-state index is -0.445. The van der Waals surface area contributed by atoms with Crippen molar-refractivity contribution >= 4 is 16.8 Å². The first-order valence-corrected chi connectivity index (χ1v) is 6.15. The summed E-state index contributed by atoms with van der Waals surface area (Å²) < 4.78 is 0. The summed E-state index contributed by atoms with van der Waals surface area (Å²) in [4.78, 5) is 18.9. The summed E-state index contributed by atoms with van der Waals surface area (Å²) in [6.07, 6.45) is 3.41. The molecule has 5 heteroatoms. The van der Waals surface area contributed by atoms with Gasteiger partial charge in [0.2, 0.25) is 0 Å². The Kier molecular flexibility index (Phi) is 2.56. The van der Waals surface area contributed by atoms with Gasteiger partial charge in [0.05, 0.1) is 16.8 Å². The third-order valence-corrected chi connectivity index (χ3v) is 3.84. The number of hydrogen-bond acceptors (Lipinski definition) is 3. The molecule has 2 aromatic rings. The Morgan fingerprint density at radius 1 is 1.56 bits per heavy atom. The molecule has 1 aliphatic rings. The molecule has 1 fully saturated rings. The molecule has 4 N–H and O–H groups in total. The number of nitrogens with zero attached hydrogens (tertiary/aromatic N) is 1. The van der Waals surface area contributed by atoms with Crippen LogP contribution in [0, 0.1) is 5.92 Å². The maximum absolute atomic E-state index is 11.3. The number of rotatable bonds is 3. The second kappa shape index (κ2) is 4.10. The van der Waals surface area contributed by atoms with Crippen LogP contribution in [0.25, 0.3) is 10.9 Å². The lowest BCUT2D eigenvalue weighted by atomic mass is 9.85. The first kappa shape index (κ1) is 11.2. The minimum Gasteiger partial charge on any atom is -0.365 e. The maximum atomic E-state index is 11.3. The van der Waals surface area contributed by atoms with Gasteiger partial charge >= 0.3 is 0 Å². The van der Waals surface area contributed by atoms with Crippen molar-refractivity contribution in [2.45, 2.75) is 12.8 Å². The lowest BCUT2D eigenvalue weighted by molar-refractivity contribution is 0.100. The molecule has 0 radical (unpaired) electrons. The Morgan fingerprint density at radius 3 is 2.94 bits per heavy atom. The molecule has 1 aliphatic heterocycles. The summed E-state index contributed by atoms with van der Waals surface area (Å²) in [5, 5.41) is 4.28. The molecular formula is C13H16N4O. The molecule has 3 heterocycles. The number of H-pyrrole nitrogens is 1. The average molecular weight is 244 g/mol. The fourth-order valence-corrected chi connectivity index (χ4v) is 2.51. The van der Waals surface area contributed by atoms with Crippen molar-refractivity contribution in [2.24, 2.45) is 11.7 Å². The molecule has 2 aromatic heterocycles. The monoisotopic (exact) mass is 244 g/mol. The van der Waals surface area contributed by atoms with Crippen molar-refractivity contribution in [3.8, 4) is 0 Å². The number of pyridine rings is 1. The molecule has 5 nitrogen and oxygen atoms in total. The number of nitrogens with one attached hydrogen (secondary N) is 2. The molecule has 1 unspecified atom stereocenters. The summed E-state index contributed by atoms with van der Waals surface area (Å²) in [7, 11) is 0. The Morgan fingerprint density at radius 2 is 2.33 bits per heavy atom. The van der Waals surface area contributed by atoms with Gasteiger partial charge in [-0.05, 0) is 25.1 Å². The van der Waals surface area contributed by atoms with E-state index >= 15 is 0 Å². The summed E-state index contributed by atoms with van der Waals surface area (Å²) >= 11 is 0. The van der Waals surface area contributed by atoms with Crippen molar-refractivity contribution in [1.29, 1.82) is 0 Å². The van der Waals surface area contributed by atoms with Gasteiger partial charge < -0.3 is 16.0 Å². The SMILES string of the molecule is CC(c1ncc(C(N)=O)c2[nH]ccc12)C1CNC1. The third kappa shape index (κ3) is 1.59. The molecule has 1 saturated heterocycles. The maximum Gasteiger partial charge on any atom is 0.252 e. The van der Waals surface area contributed by atoms with E-state index in [-0.39, 0.29) is 0 Å². The number of carbonyl (C=O) groups excluding carboxylic acids is 1. The molecule has 3 rings (SSSR count). The van der Waals surface area contributed by atoms with Crippen LogP contribution < -0.4 is 11.1 Å². The molecule has 94 valence electrons. The number of aromatic amines is 1. The van der Waals surface area contributed by atoms with Crippen LogP contribution in [0.4, 0.5) is 0 Å². The number of hydrogen-bond donors (Lipinski definition) is 3. The predicted molar refractivity (Wildman–Crippen MR) is 69.4 cm³/mol. The minimum absolute atomic E-state index is 0.381. The first-order chi connectivity index (χ1) is 8.68. The average Bonchev–Trinajstić information content (AvgIpc) is 2.73. The van der Waals surface area contributed by atoms with E-state index in [1.807, 2.05) is 12.3 Å². The first-order valence-electron chi connectivity index (χ1n) is 6.15. The number of amides is 1. The molecule has 0 aliphatic carbocycles. The Hall–Kier alpha value is -1.88. The highest BCUT2D eigenvalue weighted by Crippen LogP contribution is 2.31. The van der Waals surface area contributed by atoms with Gasteiger partial charge in [0.15, 0.2) is 0 Å². The second-order valence-electron chi connectivity index (χ2n) is 4.89. The van der Waals surface area contributed by atoms with Gasteiger partial charge in [-0.1, -0.05) is 6.92 Å². The van der Waals surface area contributed by atoms with E-state index in [0.717, 1.165) is 29.7 Å². The van der Waals surface area contributed by atoms with Crippen LogP contribution in [-0.2, 0) is 0 Å². The van der Waals surface area contributed by atoms with Crippen LogP contribution in [-0.4, -0.2) is 29.0 Å². The van der Waals surface area contributed by atoms with Crippen LogP contribution in [0.15, 0.2) is 18.5 Å². The Bertz CT molecular complexity index is 600. The van der Waals surface area contributed by atoms with Crippen LogP contribution in [0.1, 0.15) is 28.9 Å². The molecule has 0 saturated carbocycles. The normalized spacial score (nSPS) is 17.6. The van der Waals surface area contributed by atoms with Crippen molar-refractivity contribution in [3.63, 3.8) is 0 Å². The zero-order valence-electron chi connectivity index (χ0n) is 10.2. The Labute approximate surface area is 105 Å². The van der Waals surface area contributed by atoms with E-state index in [1.165, 1.54) is 0 Å². The lowest BCUT2D eigenvalue weighted by Gasteiger charge is -2.32. The number of primary amides is 1.